The number of fused-ring (bicyclic) bond motifs is 1. The Labute approximate surface area is 190 Å². The summed E-state index contributed by atoms with van der Waals surface area (Å²) in [5, 5.41) is 7.12. The van der Waals surface area contributed by atoms with Gasteiger partial charge in [0.2, 0.25) is 5.91 Å². The Bertz CT molecular complexity index is 903. The van der Waals surface area contributed by atoms with Gasteiger partial charge in [-0.3, -0.25) is 9.69 Å². The van der Waals surface area contributed by atoms with E-state index in [0.29, 0.717) is 18.5 Å². The molecule has 1 aromatic heterocycles. The molecule has 2 heterocycles. The first kappa shape index (κ1) is 22.4. The summed E-state index contributed by atoms with van der Waals surface area (Å²) in [6, 6.07) is 13.1. The van der Waals surface area contributed by atoms with Crippen LogP contribution in [0, 0.1) is 0 Å². The van der Waals surface area contributed by atoms with Crippen LogP contribution in [0.25, 0.3) is 0 Å². The number of nitrogens with one attached hydrogen (secondary N) is 2. The molecule has 0 saturated carbocycles. The largest absolute Gasteiger partial charge is 0.468 e. The lowest BCUT2D eigenvalue weighted by atomic mass is 9.88. The number of hydrogen-bond acceptors (Lipinski definition) is 4. The van der Waals surface area contributed by atoms with Crippen LogP contribution < -0.4 is 10.6 Å². The van der Waals surface area contributed by atoms with Gasteiger partial charge in [0.15, 0.2) is 5.96 Å². The van der Waals surface area contributed by atoms with Gasteiger partial charge in [-0.1, -0.05) is 24.3 Å². The second kappa shape index (κ2) is 10.7. The summed E-state index contributed by atoms with van der Waals surface area (Å²) in [6.07, 6.45) is 7.24. The van der Waals surface area contributed by atoms with E-state index in [9.17, 15) is 4.79 Å². The van der Waals surface area contributed by atoms with E-state index in [1.54, 1.807) is 25.3 Å². The van der Waals surface area contributed by atoms with Crippen molar-refractivity contribution in [2.75, 3.05) is 40.3 Å². The van der Waals surface area contributed by atoms with Gasteiger partial charge < -0.3 is 20.0 Å². The lowest BCUT2D eigenvalue weighted by Crippen LogP contribution is -2.48. The third-order valence-corrected chi connectivity index (χ3v) is 6.47. The van der Waals surface area contributed by atoms with Crippen LogP contribution in [0.15, 0.2) is 52.1 Å². The fourth-order valence-corrected chi connectivity index (χ4v) is 4.59. The minimum absolute atomic E-state index is 0.0118. The van der Waals surface area contributed by atoms with Crippen molar-refractivity contribution in [2.45, 2.75) is 44.2 Å². The van der Waals surface area contributed by atoms with E-state index in [2.05, 4.69) is 44.8 Å². The number of carbonyl (C=O) groups excluding carboxylic acids is 1. The van der Waals surface area contributed by atoms with Crippen molar-refractivity contribution >= 4 is 11.9 Å². The number of carbonyl (C=O) groups is 1. The number of amides is 1. The highest BCUT2D eigenvalue weighted by molar-refractivity contribution is 5.85. The number of guanidine groups is 1. The third-order valence-electron chi connectivity index (χ3n) is 6.47. The first-order valence-electron chi connectivity index (χ1n) is 11.7. The molecule has 2 atom stereocenters. The fourth-order valence-electron chi connectivity index (χ4n) is 4.59. The van der Waals surface area contributed by atoms with Gasteiger partial charge in [0.25, 0.3) is 0 Å². The van der Waals surface area contributed by atoms with Crippen molar-refractivity contribution in [1.82, 2.24) is 20.4 Å². The average Bonchev–Trinajstić information content (AvgIpc) is 3.52. The highest BCUT2D eigenvalue weighted by atomic mass is 16.3. The Balaban J connectivity index is 1.45. The molecule has 1 aromatic carbocycles. The minimum Gasteiger partial charge on any atom is -0.468 e. The number of hydrogen-bond donors (Lipinski definition) is 2. The molecule has 1 saturated heterocycles. The van der Waals surface area contributed by atoms with E-state index < -0.39 is 0 Å². The number of aryl methyl sites for hydroxylation is 1. The molecule has 4 rings (SSSR count). The highest BCUT2D eigenvalue weighted by Crippen LogP contribution is 2.25. The normalized spacial score (nSPS) is 19.9. The Kier molecular flexibility index (Phi) is 7.47. The van der Waals surface area contributed by atoms with Crippen LogP contribution in [-0.4, -0.2) is 68.0 Å². The molecule has 7 nitrogen and oxygen atoms in total. The summed E-state index contributed by atoms with van der Waals surface area (Å²) < 4.78 is 5.76. The average molecular weight is 438 g/mol. The second-order valence-corrected chi connectivity index (χ2v) is 8.96. The zero-order valence-corrected chi connectivity index (χ0v) is 19.2. The SMILES string of the molecule is CN(C)C(=O)CN=C(NCC(c1ccco1)N1CCCC1)NC1CCc2ccccc2C1. The number of rotatable bonds is 7. The first-order valence-corrected chi connectivity index (χ1v) is 11.7. The van der Waals surface area contributed by atoms with Crippen LogP contribution in [0.5, 0.6) is 0 Å². The Hall–Kier alpha value is -2.80. The maximum Gasteiger partial charge on any atom is 0.243 e. The van der Waals surface area contributed by atoms with E-state index in [-0.39, 0.29) is 18.5 Å². The molecule has 0 radical (unpaired) electrons. The molecule has 2 unspecified atom stereocenters. The van der Waals surface area contributed by atoms with Crippen molar-refractivity contribution in [3.8, 4) is 0 Å². The molecule has 2 aliphatic rings. The zero-order valence-electron chi connectivity index (χ0n) is 19.2. The second-order valence-electron chi connectivity index (χ2n) is 8.96. The Morgan fingerprint density at radius 2 is 1.97 bits per heavy atom. The summed E-state index contributed by atoms with van der Waals surface area (Å²) >= 11 is 0. The van der Waals surface area contributed by atoms with E-state index in [4.69, 9.17) is 4.42 Å². The van der Waals surface area contributed by atoms with Crippen molar-refractivity contribution in [3.05, 3.63) is 59.5 Å². The van der Waals surface area contributed by atoms with Gasteiger partial charge in [0, 0.05) is 26.7 Å². The van der Waals surface area contributed by atoms with Crippen molar-refractivity contribution in [3.63, 3.8) is 0 Å². The van der Waals surface area contributed by atoms with Gasteiger partial charge >= 0.3 is 0 Å². The third kappa shape index (κ3) is 5.71. The molecule has 32 heavy (non-hydrogen) atoms. The smallest absolute Gasteiger partial charge is 0.243 e. The summed E-state index contributed by atoms with van der Waals surface area (Å²) in [6.45, 7) is 2.95. The number of aliphatic imine (C=N–C) groups is 1. The number of benzene rings is 1. The highest BCUT2D eigenvalue weighted by Gasteiger charge is 2.26. The number of likely N-dealkylation sites (N-methyl/N-ethyl adjacent to an activating group) is 1. The van der Waals surface area contributed by atoms with Gasteiger partial charge in [-0.25, -0.2) is 4.99 Å². The number of nitrogens with zero attached hydrogens (tertiary/aromatic N) is 3. The summed E-state index contributed by atoms with van der Waals surface area (Å²) in [5.41, 5.74) is 2.83. The quantitative estimate of drug-likeness (QED) is 0.515. The minimum atomic E-state index is -0.0118. The molecule has 2 aromatic rings. The molecule has 2 N–H and O–H groups in total. The van der Waals surface area contributed by atoms with Crippen LogP contribution in [0.3, 0.4) is 0 Å². The fraction of sp³-hybridized carbons (Fsp3) is 0.520. The van der Waals surface area contributed by atoms with E-state index in [1.807, 2.05) is 12.1 Å². The van der Waals surface area contributed by atoms with Crippen molar-refractivity contribution < 1.29 is 9.21 Å². The Morgan fingerprint density at radius 3 is 2.69 bits per heavy atom. The van der Waals surface area contributed by atoms with Crippen LogP contribution in [0.4, 0.5) is 0 Å². The molecule has 0 bridgehead atoms. The van der Waals surface area contributed by atoms with Crippen LogP contribution in [-0.2, 0) is 17.6 Å². The number of likely N-dealkylation sites (tertiary alicyclic amines) is 1. The predicted molar refractivity (Wildman–Crippen MR) is 127 cm³/mol. The molecule has 7 heteroatoms. The van der Waals surface area contributed by atoms with Crippen molar-refractivity contribution in [1.29, 1.82) is 0 Å². The van der Waals surface area contributed by atoms with E-state index >= 15 is 0 Å². The topological polar surface area (TPSA) is 73.1 Å². The maximum atomic E-state index is 12.2. The molecule has 0 spiro atoms. The van der Waals surface area contributed by atoms with Gasteiger partial charge in [0.1, 0.15) is 12.3 Å². The molecule has 1 amide bonds. The molecule has 1 aliphatic heterocycles. The van der Waals surface area contributed by atoms with Gasteiger partial charge in [-0.2, -0.15) is 0 Å². The molecular formula is C25H35N5O2. The summed E-state index contributed by atoms with van der Waals surface area (Å²) in [4.78, 5) is 20.8. The van der Waals surface area contributed by atoms with Crippen molar-refractivity contribution in [2.24, 2.45) is 4.99 Å². The molecule has 1 fully saturated rings. The maximum absolute atomic E-state index is 12.2. The standard InChI is InChI=1S/C25H35N5O2/c1-29(2)24(31)18-27-25(28-21-12-11-19-8-3-4-9-20(19)16-21)26-17-22(23-10-7-15-32-23)30-13-5-6-14-30/h3-4,7-10,15,21-22H,5-6,11-14,16-18H2,1-2H3,(H2,26,27,28). The lowest BCUT2D eigenvalue weighted by Gasteiger charge is -2.29. The van der Waals surface area contributed by atoms with Gasteiger partial charge in [-0.15, -0.1) is 0 Å². The van der Waals surface area contributed by atoms with Crippen LogP contribution >= 0.6 is 0 Å². The van der Waals surface area contributed by atoms with Gasteiger partial charge in [-0.05, 0) is 68.5 Å². The van der Waals surface area contributed by atoms with E-state index in [0.717, 1.165) is 38.1 Å². The zero-order chi connectivity index (χ0) is 22.3. The molecule has 1 aliphatic carbocycles. The summed E-state index contributed by atoms with van der Waals surface area (Å²) in [5.74, 6) is 1.65. The van der Waals surface area contributed by atoms with E-state index in [1.165, 1.54) is 24.0 Å². The monoisotopic (exact) mass is 437 g/mol. The first-order chi connectivity index (χ1) is 15.6. The van der Waals surface area contributed by atoms with Gasteiger partial charge in [0.05, 0.1) is 12.3 Å². The van der Waals surface area contributed by atoms with Crippen LogP contribution in [0.2, 0.25) is 0 Å². The summed E-state index contributed by atoms with van der Waals surface area (Å²) in [7, 11) is 3.52. The number of furan rings is 1. The molecular weight excluding hydrogens is 402 g/mol. The Morgan fingerprint density at radius 1 is 1.19 bits per heavy atom. The van der Waals surface area contributed by atoms with Crippen LogP contribution in [0.1, 0.15) is 42.2 Å². The lowest BCUT2D eigenvalue weighted by molar-refractivity contribution is -0.127. The molecule has 172 valence electrons. The predicted octanol–water partition coefficient (Wildman–Crippen LogP) is 2.60.